The van der Waals surface area contributed by atoms with E-state index in [1.165, 1.54) is 11.3 Å². The molecule has 0 saturated carbocycles. The molecule has 18 heavy (non-hydrogen) atoms. The third-order valence-electron chi connectivity index (χ3n) is 3.57. The summed E-state index contributed by atoms with van der Waals surface area (Å²) in [6, 6.07) is 0. The number of carbonyl (C=O) groups excluding carboxylic acids is 1. The molecule has 1 N–H and O–H groups in total. The number of nitrogens with zero attached hydrogens (tertiary/aromatic N) is 2. The molecule has 100 valence electrons. The molecular weight excluding hydrogens is 230 g/mol. The van der Waals surface area contributed by atoms with Crippen LogP contribution in [0.25, 0.3) is 0 Å². The number of rotatable bonds is 4. The van der Waals surface area contributed by atoms with Gasteiger partial charge in [-0.15, -0.1) is 0 Å². The molecule has 0 aliphatic carbocycles. The van der Waals surface area contributed by atoms with Crippen LogP contribution >= 0.6 is 0 Å². The number of hydrogen-bond acceptors (Lipinski definition) is 3. The van der Waals surface area contributed by atoms with Gasteiger partial charge < -0.3 is 9.64 Å². The van der Waals surface area contributed by atoms with Crippen LogP contribution in [-0.2, 0) is 9.53 Å². The Morgan fingerprint density at radius 2 is 2.50 bits per heavy atom. The fraction of sp³-hybridized carbons (Fsp3) is 0.692. The van der Waals surface area contributed by atoms with E-state index in [0.29, 0.717) is 18.9 Å². The first-order valence-electron chi connectivity index (χ1n) is 6.49. The molecule has 0 aromatic carbocycles. The molecule has 0 unspecified atom stereocenters. The minimum Gasteiger partial charge on any atom is -0.384 e. The van der Waals surface area contributed by atoms with E-state index in [9.17, 15) is 4.79 Å². The number of amides is 1. The summed E-state index contributed by atoms with van der Waals surface area (Å²) in [5, 5.41) is 7.13. The Morgan fingerprint density at radius 3 is 3.17 bits per heavy atom. The fourth-order valence-electron chi connectivity index (χ4n) is 2.56. The monoisotopic (exact) mass is 251 g/mol. The van der Waals surface area contributed by atoms with Gasteiger partial charge in [0.05, 0.1) is 19.2 Å². The highest BCUT2D eigenvalue weighted by Crippen LogP contribution is 2.27. The van der Waals surface area contributed by atoms with E-state index < -0.39 is 0 Å². The summed E-state index contributed by atoms with van der Waals surface area (Å²) in [6.07, 6.45) is 4.51. The fourth-order valence-corrected chi connectivity index (χ4v) is 2.56. The number of nitrogens with one attached hydrogen (secondary N) is 1. The Morgan fingerprint density at radius 1 is 1.67 bits per heavy atom. The average Bonchev–Trinajstić information content (AvgIpc) is 2.82. The van der Waals surface area contributed by atoms with Crippen LogP contribution in [0.4, 0.5) is 0 Å². The normalized spacial score (nSPS) is 20.1. The van der Waals surface area contributed by atoms with Crippen molar-refractivity contribution in [2.24, 2.45) is 0 Å². The van der Waals surface area contributed by atoms with Crippen LogP contribution in [0.15, 0.2) is 6.20 Å². The minimum absolute atomic E-state index is 0.193. The zero-order valence-electron chi connectivity index (χ0n) is 11.1. The number of H-pyrrole nitrogens is 1. The molecule has 2 heterocycles. The number of aromatic amines is 1. The molecule has 5 nitrogen and oxygen atoms in total. The van der Waals surface area contributed by atoms with Crippen molar-refractivity contribution >= 4 is 5.91 Å². The molecule has 1 fully saturated rings. The van der Waals surface area contributed by atoms with Gasteiger partial charge in [0, 0.05) is 31.8 Å². The van der Waals surface area contributed by atoms with Crippen LogP contribution in [0.3, 0.4) is 0 Å². The van der Waals surface area contributed by atoms with Crippen molar-refractivity contribution < 1.29 is 9.53 Å². The number of aryl methyl sites for hydroxylation is 1. The maximum atomic E-state index is 12.0. The van der Waals surface area contributed by atoms with E-state index in [2.05, 4.69) is 17.1 Å². The number of carbonyl (C=O) groups is 1. The molecule has 1 aliphatic heterocycles. The second-order valence-corrected chi connectivity index (χ2v) is 4.89. The van der Waals surface area contributed by atoms with Crippen molar-refractivity contribution in [2.75, 3.05) is 26.8 Å². The topological polar surface area (TPSA) is 58.2 Å². The second-order valence-electron chi connectivity index (χ2n) is 4.89. The van der Waals surface area contributed by atoms with Crippen molar-refractivity contribution in [2.45, 2.75) is 32.1 Å². The van der Waals surface area contributed by atoms with E-state index in [-0.39, 0.29) is 5.91 Å². The van der Waals surface area contributed by atoms with Gasteiger partial charge in [-0.3, -0.25) is 9.89 Å². The predicted molar refractivity (Wildman–Crippen MR) is 68.4 cm³/mol. The Hall–Kier alpha value is -1.36. The number of piperidine rings is 1. The molecule has 1 aromatic heterocycles. The van der Waals surface area contributed by atoms with Gasteiger partial charge in [-0.1, -0.05) is 0 Å². The van der Waals surface area contributed by atoms with Gasteiger partial charge in [0.15, 0.2) is 0 Å². The lowest BCUT2D eigenvalue weighted by Gasteiger charge is -2.32. The van der Waals surface area contributed by atoms with Crippen LogP contribution in [-0.4, -0.2) is 47.8 Å². The van der Waals surface area contributed by atoms with Gasteiger partial charge in [0.2, 0.25) is 5.91 Å². The maximum Gasteiger partial charge on any atom is 0.224 e. The number of aromatic nitrogens is 2. The molecular formula is C13H21N3O2. The standard InChI is InChI=1S/C13H21N3O2/c1-10-8-14-15-13(10)11-4-3-6-16(9-11)12(17)5-7-18-2/h8,11H,3-7,9H2,1-2H3,(H,14,15)/t11-/m1/s1. The van der Waals surface area contributed by atoms with E-state index in [1.807, 2.05) is 11.1 Å². The first kappa shape index (κ1) is 13.1. The summed E-state index contributed by atoms with van der Waals surface area (Å²) in [5.74, 6) is 0.589. The first-order valence-corrected chi connectivity index (χ1v) is 6.49. The lowest BCUT2D eigenvalue weighted by Crippen LogP contribution is -2.39. The summed E-state index contributed by atoms with van der Waals surface area (Å²) in [4.78, 5) is 13.9. The summed E-state index contributed by atoms with van der Waals surface area (Å²) < 4.78 is 4.96. The number of ether oxygens (including phenoxy) is 1. The van der Waals surface area contributed by atoms with Crippen molar-refractivity contribution in [3.8, 4) is 0 Å². The lowest BCUT2D eigenvalue weighted by molar-refractivity contribution is -0.133. The van der Waals surface area contributed by atoms with Gasteiger partial charge in [0.25, 0.3) is 0 Å². The van der Waals surface area contributed by atoms with Gasteiger partial charge >= 0.3 is 0 Å². The van der Waals surface area contributed by atoms with Gasteiger partial charge in [-0.2, -0.15) is 5.10 Å². The van der Waals surface area contributed by atoms with Crippen LogP contribution < -0.4 is 0 Å². The van der Waals surface area contributed by atoms with Gasteiger partial charge in [-0.25, -0.2) is 0 Å². The zero-order valence-corrected chi connectivity index (χ0v) is 11.1. The highest BCUT2D eigenvalue weighted by molar-refractivity contribution is 5.76. The van der Waals surface area contributed by atoms with Crippen molar-refractivity contribution in [1.29, 1.82) is 0 Å². The molecule has 1 aliphatic rings. The molecule has 1 atom stereocenters. The highest BCUT2D eigenvalue weighted by Gasteiger charge is 2.26. The summed E-state index contributed by atoms with van der Waals surface area (Å²) in [6.45, 7) is 4.23. The Kier molecular flexibility index (Phi) is 4.36. The second kappa shape index (κ2) is 6.00. The number of methoxy groups -OCH3 is 1. The molecule has 0 radical (unpaired) electrons. The Bertz CT molecular complexity index is 403. The van der Waals surface area contributed by atoms with Crippen molar-refractivity contribution in [3.63, 3.8) is 0 Å². The first-order chi connectivity index (χ1) is 8.72. The van der Waals surface area contributed by atoms with Crippen molar-refractivity contribution in [1.82, 2.24) is 15.1 Å². The van der Waals surface area contributed by atoms with Crippen LogP contribution in [0.5, 0.6) is 0 Å². The quantitative estimate of drug-likeness (QED) is 0.881. The van der Waals surface area contributed by atoms with Crippen LogP contribution in [0, 0.1) is 6.92 Å². The molecule has 5 heteroatoms. The number of likely N-dealkylation sites (tertiary alicyclic amines) is 1. The van der Waals surface area contributed by atoms with E-state index in [0.717, 1.165) is 25.9 Å². The molecule has 1 amide bonds. The van der Waals surface area contributed by atoms with E-state index >= 15 is 0 Å². The Labute approximate surface area is 108 Å². The van der Waals surface area contributed by atoms with Crippen LogP contribution in [0.2, 0.25) is 0 Å². The highest BCUT2D eigenvalue weighted by atomic mass is 16.5. The SMILES string of the molecule is COCCC(=O)N1CCC[C@@H](c2[nH]ncc2C)C1. The zero-order chi connectivity index (χ0) is 13.0. The summed E-state index contributed by atoms with van der Waals surface area (Å²) >= 11 is 0. The summed E-state index contributed by atoms with van der Waals surface area (Å²) in [7, 11) is 1.63. The molecule has 0 bridgehead atoms. The van der Waals surface area contributed by atoms with Gasteiger partial charge in [0.1, 0.15) is 0 Å². The van der Waals surface area contributed by atoms with Gasteiger partial charge in [-0.05, 0) is 25.3 Å². The molecule has 2 rings (SSSR count). The van der Waals surface area contributed by atoms with Crippen LogP contribution in [0.1, 0.15) is 36.4 Å². The molecule has 0 spiro atoms. The van der Waals surface area contributed by atoms with Crippen molar-refractivity contribution in [3.05, 3.63) is 17.5 Å². The van der Waals surface area contributed by atoms with E-state index in [4.69, 9.17) is 4.74 Å². The lowest BCUT2D eigenvalue weighted by atomic mass is 9.93. The number of hydrogen-bond donors (Lipinski definition) is 1. The van der Waals surface area contributed by atoms with E-state index in [1.54, 1.807) is 7.11 Å². The third kappa shape index (κ3) is 2.90. The maximum absolute atomic E-state index is 12.0. The predicted octanol–water partition coefficient (Wildman–Crippen LogP) is 1.46. The third-order valence-corrected chi connectivity index (χ3v) is 3.57. The Balaban J connectivity index is 1.96. The minimum atomic E-state index is 0.193. The average molecular weight is 251 g/mol. The molecule has 1 saturated heterocycles. The largest absolute Gasteiger partial charge is 0.384 e. The molecule has 1 aromatic rings. The summed E-state index contributed by atoms with van der Waals surface area (Å²) in [5.41, 5.74) is 2.37. The smallest absolute Gasteiger partial charge is 0.224 e.